The van der Waals surface area contributed by atoms with E-state index in [9.17, 15) is 20.1 Å². The second-order valence-electron chi connectivity index (χ2n) is 5.99. The van der Waals surface area contributed by atoms with E-state index in [0.29, 0.717) is 5.02 Å². The summed E-state index contributed by atoms with van der Waals surface area (Å²) in [4.78, 5) is 12.8. The SMILES string of the molecule is O=C(CC(c1ccc(O)cc1)c1ccc(Cl)cc1)c1c(O)cccc1O. The summed E-state index contributed by atoms with van der Waals surface area (Å²) in [5, 5.41) is 30.0. The molecule has 0 aliphatic rings. The van der Waals surface area contributed by atoms with Gasteiger partial charge in [0.25, 0.3) is 0 Å². The maximum Gasteiger partial charge on any atom is 0.171 e. The zero-order valence-electron chi connectivity index (χ0n) is 13.8. The molecule has 0 aliphatic carbocycles. The maximum atomic E-state index is 12.8. The van der Waals surface area contributed by atoms with Gasteiger partial charge in [-0.25, -0.2) is 0 Å². The molecule has 0 saturated heterocycles. The second kappa shape index (κ2) is 7.50. The van der Waals surface area contributed by atoms with E-state index in [2.05, 4.69) is 0 Å². The smallest absolute Gasteiger partial charge is 0.171 e. The molecule has 1 atom stereocenters. The van der Waals surface area contributed by atoms with E-state index < -0.39 is 0 Å². The van der Waals surface area contributed by atoms with Gasteiger partial charge in [-0.3, -0.25) is 4.79 Å². The number of Topliss-reactive ketones (excluding diaryl/α,β-unsaturated/α-hetero) is 1. The second-order valence-corrected chi connectivity index (χ2v) is 6.43. The van der Waals surface area contributed by atoms with Crippen LogP contribution in [0.25, 0.3) is 0 Å². The topological polar surface area (TPSA) is 77.8 Å². The molecule has 3 aromatic carbocycles. The molecule has 1 unspecified atom stereocenters. The summed E-state index contributed by atoms with van der Waals surface area (Å²) in [5.41, 5.74) is 1.60. The van der Waals surface area contributed by atoms with Crippen molar-refractivity contribution in [3.8, 4) is 17.2 Å². The van der Waals surface area contributed by atoms with E-state index in [0.717, 1.165) is 11.1 Å². The number of carbonyl (C=O) groups excluding carboxylic acids is 1. The van der Waals surface area contributed by atoms with Crippen LogP contribution in [0.4, 0.5) is 0 Å². The number of halogens is 1. The predicted molar refractivity (Wildman–Crippen MR) is 100 cm³/mol. The molecule has 0 saturated carbocycles. The van der Waals surface area contributed by atoms with Gasteiger partial charge in [-0.15, -0.1) is 0 Å². The minimum absolute atomic E-state index is 0.0392. The van der Waals surface area contributed by atoms with E-state index in [1.807, 2.05) is 12.1 Å². The van der Waals surface area contributed by atoms with Crippen molar-refractivity contribution < 1.29 is 20.1 Å². The molecule has 3 aromatic rings. The molecule has 0 radical (unpaired) electrons. The van der Waals surface area contributed by atoms with Gasteiger partial charge in [0.1, 0.15) is 22.8 Å². The lowest BCUT2D eigenvalue weighted by Crippen LogP contribution is -2.09. The molecule has 0 aliphatic heterocycles. The number of aromatic hydroxyl groups is 3. The first kappa shape index (κ1) is 17.8. The highest BCUT2D eigenvalue weighted by Gasteiger charge is 2.23. The summed E-state index contributed by atoms with van der Waals surface area (Å²) in [7, 11) is 0. The summed E-state index contributed by atoms with van der Waals surface area (Å²) in [6, 6.07) is 17.9. The Hall–Kier alpha value is -2.98. The number of benzene rings is 3. The molecule has 26 heavy (non-hydrogen) atoms. The first-order valence-electron chi connectivity index (χ1n) is 8.04. The molecule has 3 rings (SSSR count). The maximum absolute atomic E-state index is 12.8. The number of rotatable bonds is 5. The first-order chi connectivity index (χ1) is 12.5. The van der Waals surface area contributed by atoms with Crippen LogP contribution in [-0.4, -0.2) is 21.1 Å². The highest BCUT2D eigenvalue weighted by Crippen LogP contribution is 2.34. The molecule has 0 bridgehead atoms. The van der Waals surface area contributed by atoms with Crippen molar-refractivity contribution in [3.63, 3.8) is 0 Å². The zero-order valence-corrected chi connectivity index (χ0v) is 14.5. The van der Waals surface area contributed by atoms with Gasteiger partial charge in [-0.1, -0.05) is 41.9 Å². The Labute approximate surface area is 155 Å². The van der Waals surface area contributed by atoms with Crippen LogP contribution in [0.2, 0.25) is 5.02 Å². The molecule has 5 heteroatoms. The van der Waals surface area contributed by atoms with Crippen LogP contribution in [0.15, 0.2) is 66.7 Å². The minimum atomic E-state index is -0.381. The lowest BCUT2D eigenvalue weighted by molar-refractivity contribution is 0.0972. The molecule has 0 spiro atoms. The Morgan fingerprint density at radius 1 is 0.808 bits per heavy atom. The van der Waals surface area contributed by atoms with Crippen molar-refractivity contribution in [3.05, 3.63) is 88.4 Å². The van der Waals surface area contributed by atoms with E-state index >= 15 is 0 Å². The predicted octanol–water partition coefficient (Wildman–Crippen LogP) is 4.86. The summed E-state index contributed by atoms with van der Waals surface area (Å²) in [5.74, 6) is -1.08. The highest BCUT2D eigenvalue weighted by molar-refractivity contribution is 6.30. The fourth-order valence-electron chi connectivity index (χ4n) is 2.93. The van der Waals surface area contributed by atoms with Gasteiger partial charge in [-0.2, -0.15) is 0 Å². The van der Waals surface area contributed by atoms with Crippen LogP contribution in [-0.2, 0) is 0 Å². The van der Waals surface area contributed by atoms with Crippen molar-refractivity contribution in [1.82, 2.24) is 0 Å². The third-order valence-electron chi connectivity index (χ3n) is 4.26. The third-order valence-corrected chi connectivity index (χ3v) is 4.51. The summed E-state index contributed by atoms with van der Waals surface area (Å²) >= 11 is 5.96. The van der Waals surface area contributed by atoms with Gasteiger partial charge in [-0.05, 0) is 47.5 Å². The average Bonchev–Trinajstić information content (AvgIpc) is 2.61. The largest absolute Gasteiger partial charge is 0.508 e. The summed E-state index contributed by atoms with van der Waals surface area (Å²) in [6.07, 6.45) is 0.0392. The molecular formula is C21H17ClO4. The molecule has 3 N–H and O–H groups in total. The zero-order chi connectivity index (χ0) is 18.7. The van der Waals surface area contributed by atoms with Crippen molar-refractivity contribution in [1.29, 1.82) is 0 Å². The molecule has 4 nitrogen and oxygen atoms in total. The van der Waals surface area contributed by atoms with Crippen LogP contribution in [0.1, 0.15) is 33.8 Å². The fraction of sp³-hybridized carbons (Fsp3) is 0.0952. The number of phenolic OH excluding ortho intramolecular Hbond substituents is 3. The van der Waals surface area contributed by atoms with Crippen LogP contribution in [0.5, 0.6) is 17.2 Å². The van der Waals surface area contributed by atoms with Crippen molar-refractivity contribution in [2.24, 2.45) is 0 Å². The van der Waals surface area contributed by atoms with Crippen LogP contribution < -0.4 is 0 Å². The van der Waals surface area contributed by atoms with Crippen molar-refractivity contribution in [2.45, 2.75) is 12.3 Å². The Bertz CT molecular complexity index is 852. The van der Waals surface area contributed by atoms with Crippen LogP contribution in [0.3, 0.4) is 0 Å². The molecule has 0 heterocycles. The van der Waals surface area contributed by atoms with Gasteiger partial charge < -0.3 is 15.3 Å². The Kier molecular flexibility index (Phi) is 5.14. The molecule has 132 valence electrons. The standard InChI is InChI=1S/C21H17ClO4/c22-15-8-4-13(5-9-15)17(14-6-10-16(23)11-7-14)12-20(26)21-18(24)2-1-3-19(21)25/h1-11,17,23-25H,12H2. The molecule has 0 aromatic heterocycles. The quantitative estimate of drug-likeness (QED) is 0.562. The average molecular weight is 369 g/mol. The van der Waals surface area contributed by atoms with Gasteiger partial charge in [0.15, 0.2) is 5.78 Å². The first-order valence-corrected chi connectivity index (χ1v) is 8.42. The molecule has 0 fully saturated rings. The van der Waals surface area contributed by atoms with E-state index in [1.165, 1.54) is 18.2 Å². The number of hydrogen-bond donors (Lipinski definition) is 3. The van der Waals surface area contributed by atoms with E-state index in [-0.39, 0.29) is 40.9 Å². The van der Waals surface area contributed by atoms with Crippen LogP contribution >= 0.6 is 11.6 Å². The van der Waals surface area contributed by atoms with Gasteiger partial charge in [0, 0.05) is 17.4 Å². The van der Waals surface area contributed by atoms with Crippen molar-refractivity contribution >= 4 is 17.4 Å². The highest BCUT2D eigenvalue weighted by atomic mass is 35.5. The normalized spacial score (nSPS) is 11.9. The number of hydrogen-bond acceptors (Lipinski definition) is 4. The fourth-order valence-corrected chi connectivity index (χ4v) is 3.06. The summed E-state index contributed by atoms with van der Waals surface area (Å²) < 4.78 is 0. The van der Waals surface area contributed by atoms with Gasteiger partial charge >= 0.3 is 0 Å². The van der Waals surface area contributed by atoms with Gasteiger partial charge in [0.05, 0.1) is 0 Å². The Morgan fingerprint density at radius 3 is 1.85 bits per heavy atom. The molecular weight excluding hydrogens is 352 g/mol. The Balaban J connectivity index is 1.99. The minimum Gasteiger partial charge on any atom is -0.508 e. The number of ketones is 1. The van der Waals surface area contributed by atoms with E-state index in [4.69, 9.17) is 11.6 Å². The Morgan fingerprint density at radius 2 is 1.31 bits per heavy atom. The lowest BCUT2D eigenvalue weighted by atomic mass is 9.85. The number of phenols is 3. The summed E-state index contributed by atoms with van der Waals surface area (Å²) in [6.45, 7) is 0. The lowest BCUT2D eigenvalue weighted by Gasteiger charge is -2.18. The van der Waals surface area contributed by atoms with E-state index in [1.54, 1.807) is 36.4 Å². The van der Waals surface area contributed by atoms with Crippen molar-refractivity contribution in [2.75, 3.05) is 0 Å². The van der Waals surface area contributed by atoms with Crippen LogP contribution in [0, 0.1) is 0 Å². The number of carbonyl (C=O) groups is 1. The molecule has 0 amide bonds. The monoisotopic (exact) mass is 368 g/mol. The van der Waals surface area contributed by atoms with Gasteiger partial charge in [0.2, 0.25) is 0 Å². The third kappa shape index (κ3) is 3.81.